The highest BCUT2D eigenvalue weighted by molar-refractivity contribution is 5.78. The number of hydrogen-bond donors (Lipinski definition) is 2. The normalized spacial score (nSPS) is 12.7. The Bertz CT molecular complexity index is 769. The number of nitrogens with two attached hydrogens (primary N) is 1. The Morgan fingerprint density at radius 3 is 2.90 bits per heavy atom. The monoisotopic (exact) mass is 285 g/mol. The summed E-state index contributed by atoms with van der Waals surface area (Å²) in [7, 11) is 0. The van der Waals surface area contributed by atoms with Crippen LogP contribution in [0, 0.1) is 5.82 Å². The first kappa shape index (κ1) is 13.7. The van der Waals surface area contributed by atoms with Gasteiger partial charge in [-0.1, -0.05) is 25.1 Å². The van der Waals surface area contributed by atoms with Gasteiger partial charge in [-0.3, -0.25) is 10.8 Å². The lowest BCUT2D eigenvalue weighted by Gasteiger charge is -2.15. The van der Waals surface area contributed by atoms with Crippen LogP contribution < -0.4 is 11.3 Å². The molecule has 3 aromatic rings. The molecule has 2 heterocycles. The molecule has 0 spiro atoms. The number of fused-ring (bicyclic) bond motifs is 1. The molecule has 1 aromatic carbocycles. The zero-order chi connectivity index (χ0) is 14.8. The fraction of sp³-hybridized carbons (Fsp3) is 0.188. The number of benzene rings is 1. The molecule has 5 heteroatoms. The summed E-state index contributed by atoms with van der Waals surface area (Å²) in [5.74, 6) is 5.84. The molecular weight excluding hydrogens is 269 g/mol. The Morgan fingerprint density at radius 2 is 2.19 bits per heavy atom. The molecule has 0 fully saturated rings. The van der Waals surface area contributed by atoms with Crippen molar-refractivity contribution in [1.29, 1.82) is 0 Å². The van der Waals surface area contributed by atoms with Crippen LogP contribution >= 0.6 is 0 Å². The van der Waals surface area contributed by atoms with E-state index in [0.29, 0.717) is 11.1 Å². The van der Waals surface area contributed by atoms with Gasteiger partial charge in [0.05, 0.1) is 5.69 Å². The van der Waals surface area contributed by atoms with Gasteiger partial charge in [0.25, 0.3) is 0 Å². The maximum absolute atomic E-state index is 13.8. The van der Waals surface area contributed by atoms with Gasteiger partial charge in [-0.25, -0.2) is 9.82 Å². The molecule has 3 rings (SSSR count). The van der Waals surface area contributed by atoms with E-state index in [9.17, 15) is 4.39 Å². The molecule has 0 aliphatic rings. The highest BCUT2D eigenvalue weighted by Crippen LogP contribution is 2.29. The summed E-state index contributed by atoms with van der Waals surface area (Å²) in [6.45, 7) is 2.05. The number of hydrazine groups is 1. The smallest absolute Gasteiger partial charge is 0.169 e. The van der Waals surface area contributed by atoms with Crippen molar-refractivity contribution in [3.8, 4) is 0 Å². The lowest BCUT2D eigenvalue weighted by atomic mass is 10.0. The molecule has 108 valence electrons. The zero-order valence-corrected chi connectivity index (χ0v) is 11.6. The van der Waals surface area contributed by atoms with Crippen LogP contribution in [-0.4, -0.2) is 4.98 Å². The molecule has 0 aliphatic heterocycles. The molecule has 1 atom stereocenters. The first-order valence-corrected chi connectivity index (χ1v) is 6.82. The minimum atomic E-state index is -0.409. The number of aromatic nitrogens is 1. The average Bonchev–Trinajstić information content (AvgIpc) is 2.94. The minimum absolute atomic E-state index is 0.238. The molecule has 0 amide bonds. The molecule has 0 aliphatic carbocycles. The number of halogens is 1. The number of nitrogens with one attached hydrogen (secondary N) is 1. The fourth-order valence-electron chi connectivity index (χ4n) is 2.50. The van der Waals surface area contributed by atoms with Crippen molar-refractivity contribution in [2.45, 2.75) is 19.4 Å². The van der Waals surface area contributed by atoms with Crippen molar-refractivity contribution < 1.29 is 8.81 Å². The Balaban J connectivity index is 2.12. The molecule has 0 saturated carbocycles. The van der Waals surface area contributed by atoms with E-state index in [4.69, 9.17) is 10.3 Å². The minimum Gasteiger partial charge on any atom is -0.456 e. The van der Waals surface area contributed by atoms with E-state index < -0.39 is 6.04 Å². The van der Waals surface area contributed by atoms with Gasteiger partial charge in [0, 0.05) is 11.6 Å². The number of furan rings is 1. The Morgan fingerprint density at radius 1 is 1.33 bits per heavy atom. The second-order valence-electron chi connectivity index (χ2n) is 4.81. The highest BCUT2D eigenvalue weighted by Gasteiger charge is 2.21. The summed E-state index contributed by atoms with van der Waals surface area (Å²) in [5, 5.41) is 0.708. The molecule has 2 aromatic heterocycles. The van der Waals surface area contributed by atoms with Gasteiger partial charge in [0.15, 0.2) is 11.4 Å². The van der Waals surface area contributed by atoms with Crippen LogP contribution in [0.5, 0.6) is 0 Å². The summed E-state index contributed by atoms with van der Waals surface area (Å²) in [6.07, 6.45) is 2.54. The van der Waals surface area contributed by atoms with E-state index in [1.807, 2.05) is 19.1 Å². The van der Waals surface area contributed by atoms with Crippen molar-refractivity contribution in [2.24, 2.45) is 5.84 Å². The molecule has 0 radical (unpaired) electrons. The van der Waals surface area contributed by atoms with Crippen molar-refractivity contribution in [3.63, 3.8) is 0 Å². The SMILES string of the molecule is CCc1cccnc1C(NN)c1cc2cccc(F)c2o1. The van der Waals surface area contributed by atoms with Crippen LogP contribution in [0.3, 0.4) is 0 Å². The summed E-state index contributed by atoms with van der Waals surface area (Å²) < 4.78 is 19.4. The second kappa shape index (κ2) is 5.63. The van der Waals surface area contributed by atoms with Crippen LogP contribution in [-0.2, 0) is 6.42 Å². The van der Waals surface area contributed by atoms with Crippen molar-refractivity contribution >= 4 is 11.0 Å². The maximum atomic E-state index is 13.8. The number of aryl methyl sites for hydroxylation is 1. The quantitative estimate of drug-likeness (QED) is 0.571. The van der Waals surface area contributed by atoms with Crippen LogP contribution in [0.15, 0.2) is 47.0 Å². The lowest BCUT2D eigenvalue weighted by Crippen LogP contribution is -2.30. The molecule has 0 saturated heterocycles. The molecular formula is C16H16FN3O. The number of nitrogens with zero attached hydrogens (tertiary/aromatic N) is 1. The first-order chi connectivity index (χ1) is 10.2. The third-order valence-corrected chi connectivity index (χ3v) is 3.55. The molecule has 21 heavy (non-hydrogen) atoms. The predicted molar refractivity (Wildman–Crippen MR) is 79.0 cm³/mol. The summed E-state index contributed by atoms with van der Waals surface area (Å²) in [5.41, 5.74) is 4.81. The van der Waals surface area contributed by atoms with E-state index in [1.165, 1.54) is 6.07 Å². The van der Waals surface area contributed by atoms with Gasteiger partial charge in [-0.05, 0) is 30.2 Å². The molecule has 0 bridgehead atoms. The second-order valence-corrected chi connectivity index (χ2v) is 4.81. The van der Waals surface area contributed by atoms with E-state index in [1.54, 1.807) is 24.4 Å². The Kier molecular flexibility index (Phi) is 3.68. The maximum Gasteiger partial charge on any atom is 0.169 e. The standard InChI is InChI=1S/C16H16FN3O/c1-2-10-6-4-8-19-14(10)15(20-18)13-9-11-5-3-7-12(17)16(11)21-13/h3-9,15,20H,2,18H2,1H3. The third-order valence-electron chi connectivity index (χ3n) is 3.55. The largest absolute Gasteiger partial charge is 0.456 e. The van der Waals surface area contributed by atoms with E-state index in [2.05, 4.69) is 10.4 Å². The van der Waals surface area contributed by atoms with Crippen molar-refractivity contribution in [1.82, 2.24) is 10.4 Å². The van der Waals surface area contributed by atoms with E-state index >= 15 is 0 Å². The van der Waals surface area contributed by atoms with Crippen LogP contribution in [0.1, 0.15) is 30.0 Å². The predicted octanol–water partition coefficient (Wildman–Crippen LogP) is 3.08. The number of para-hydroxylation sites is 1. The third kappa shape index (κ3) is 2.41. The van der Waals surface area contributed by atoms with Gasteiger partial charge in [-0.15, -0.1) is 0 Å². The molecule has 3 N–H and O–H groups in total. The van der Waals surface area contributed by atoms with Crippen LogP contribution in [0.2, 0.25) is 0 Å². The summed E-state index contributed by atoms with van der Waals surface area (Å²) >= 11 is 0. The van der Waals surface area contributed by atoms with Gasteiger partial charge < -0.3 is 4.42 Å². The van der Waals surface area contributed by atoms with Gasteiger partial charge in [0.2, 0.25) is 0 Å². The lowest BCUT2D eigenvalue weighted by molar-refractivity contribution is 0.458. The van der Waals surface area contributed by atoms with Gasteiger partial charge in [0.1, 0.15) is 11.8 Å². The Labute approximate surface area is 121 Å². The van der Waals surface area contributed by atoms with Crippen LogP contribution in [0.25, 0.3) is 11.0 Å². The molecule has 1 unspecified atom stereocenters. The average molecular weight is 285 g/mol. The topological polar surface area (TPSA) is 64.1 Å². The van der Waals surface area contributed by atoms with Crippen molar-refractivity contribution in [3.05, 3.63) is 65.4 Å². The van der Waals surface area contributed by atoms with Crippen LogP contribution in [0.4, 0.5) is 4.39 Å². The Hall–Kier alpha value is -2.24. The summed E-state index contributed by atoms with van der Waals surface area (Å²) in [4.78, 5) is 4.39. The fourth-order valence-corrected chi connectivity index (χ4v) is 2.50. The summed E-state index contributed by atoms with van der Waals surface area (Å²) in [6, 6.07) is 10.1. The zero-order valence-electron chi connectivity index (χ0n) is 11.6. The highest BCUT2D eigenvalue weighted by atomic mass is 19.1. The molecule has 4 nitrogen and oxygen atoms in total. The van der Waals surface area contributed by atoms with E-state index in [-0.39, 0.29) is 11.4 Å². The van der Waals surface area contributed by atoms with E-state index in [0.717, 1.165) is 17.7 Å². The number of pyridine rings is 1. The first-order valence-electron chi connectivity index (χ1n) is 6.82. The van der Waals surface area contributed by atoms with Gasteiger partial charge >= 0.3 is 0 Å². The van der Waals surface area contributed by atoms with Gasteiger partial charge in [-0.2, -0.15) is 0 Å². The number of rotatable bonds is 4. The number of hydrogen-bond acceptors (Lipinski definition) is 4. The van der Waals surface area contributed by atoms with Crippen molar-refractivity contribution in [2.75, 3.05) is 0 Å².